The lowest BCUT2D eigenvalue weighted by atomic mass is 10.2. The fraction of sp³-hybridized carbons (Fsp3) is 0.583. The van der Waals surface area contributed by atoms with Crippen LogP contribution >= 0.6 is 0 Å². The fourth-order valence-corrected chi connectivity index (χ4v) is 2.40. The third-order valence-corrected chi connectivity index (χ3v) is 3.21. The molecule has 18 heavy (non-hydrogen) atoms. The summed E-state index contributed by atoms with van der Waals surface area (Å²) in [5.41, 5.74) is 11.9. The van der Waals surface area contributed by atoms with Crippen molar-refractivity contribution < 1.29 is 5.11 Å². The van der Waals surface area contributed by atoms with Crippen molar-refractivity contribution in [2.75, 3.05) is 43.6 Å². The minimum Gasteiger partial charge on any atom is -0.396 e. The molecule has 0 bridgehead atoms. The number of β-amino-alcohol motifs (C(OH)–C–C–N with tert-alkyl or cyclic N) is 1. The predicted molar refractivity (Wildman–Crippen MR) is 73.4 cm³/mol. The summed E-state index contributed by atoms with van der Waals surface area (Å²) in [7, 11) is 4.04. The number of aliphatic hydroxyl groups excluding tert-OH is 1. The van der Waals surface area contributed by atoms with Gasteiger partial charge < -0.3 is 26.4 Å². The van der Waals surface area contributed by atoms with Gasteiger partial charge in [-0.25, -0.2) is 4.98 Å². The number of pyridine rings is 1. The van der Waals surface area contributed by atoms with Crippen molar-refractivity contribution in [2.45, 2.75) is 18.6 Å². The van der Waals surface area contributed by atoms with Gasteiger partial charge >= 0.3 is 0 Å². The van der Waals surface area contributed by atoms with Crippen LogP contribution < -0.4 is 16.4 Å². The first kappa shape index (κ1) is 12.9. The van der Waals surface area contributed by atoms with E-state index >= 15 is 0 Å². The molecular weight excluding hydrogens is 230 g/mol. The van der Waals surface area contributed by atoms with E-state index in [9.17, 15) is 5.11 Å². The standard InChI is InChI=1S/C12H21N5O/c1-16(2)6-8-5-9(18)7-17(8)11-4-3-10(13)12(14)15-11/h3-4,8-9,18H,5-7,13H2,1-2H3,(H2,14,15). The number of hydrogen-bond acceptors (Lipinski definition) is 6. The summed E-state index contributed by atoms with van der Waals surface area (Å²) in [6.45, 7) is 1.47. The summed E-state index contributed by atoms with van der Waals surface area (Å²) < 4.78 is 0. The molecule has 1 fully saturated rings. The van der Waals surface area contributed by atoms with Crippen LogP contribution in [0.5, 0.6) is 0 Å². The van der Waals surface area contributed by atoms with Crippen LogP contribution in [0.2, 0.25) is 0 Å². The number of aliphatic hydroxyl groups is 1. The number of aromatic nitrogens is 1. The third kappa shape index (κ3) is 2.65. The van der Waals surface area contributed by atoms with Crippen molar-refractivity contribution in [3.05, 3.63) is 12.1 Å². The average Bonchev–Trinajstić information content (AvgIpc) is 2.62. The summed E-state index contributed by atoms with van der Waals surface area (Å²) >= 11 is 0. The van der Waals surface area contributed by atoms with Gasteiger partial charge in [-0.05, 0) is 32.6 Å². The van der Waals surface area contributed by atoms with E-state index in [1.165, 1.54) is 0 Å². The number of anilines is 3. The van der Waals surface area contributed by atoms with E-state index in [2.05, 4.69) is 14.8 Å². The second-order valence-corrected chi connectivity index (χ2v) is 5.10. The predicted octanol–water partition coefficient (Wildman–Crippen LogP) is -0.253. The molecule has 0 aromatic carbocycles. The van der Waals surface area contributed by atoms with Gasteiger partial charge in [-0.2, -0.15) is 0 Å². The molecule has 0 saturated carbocycles. The molecule has 0 spiro atoms. The molecule has 1 aliphatic rings. The second kappa shape index (κ2) is 4.99. The zero-order valence-corrected chi connectivity index (χ0v) is 10.9. The molecule has 0 amide bonds. The van der Waals surface area contributed by atoms with E-state index < -0.39 is 0 Å². The van der Waals surface area contributed by atoms with E-state index in [0.29, 0.717) is 18.1 Å². The lowest BCUT2D eigenvalue weighted by Crippen LogP contribution is -2.38. The Morgan fingerprint density at radius 3 is 2.78 bits per heavy atom. The highest BCUT2D eigenvalue weighted by atomic mass is 16.3. The molecule has 6 heteroatoms. The van der Waals surface area contributed by atoms with Gasteiger partial charge in [0.1, 0.15) is 11.6 Å². The Bertz CT molecular complexity index is 423. The first-order valence-corrected chi connectivity index (χ1v) is 6.09. The Kier molecular flexibility index (Phi) is 3.58. The molecule has 6 nitrogen and oxygen atoms in total. The Labute approximate surface area is 107 Å². The Hall–Kier alpha value is -1.53. The molecule has 5 N–H and O–H groups in total. The molecule has 2 rings (SSSR count). The SMILES string of the molecule is CN(C)CC1CC(O)CN1c1ccc(N)c(N)n1. The monoisotopic (exact) mass is 251 g/mol. The minimum atomic E-state index is -0.310. The van der Waals surface area contributed by atoms with Gasteiger partial charge in [0.05, 0.1) is 11.8 Å². The van der Waals surface area contributed by atoms with Crippen LogP contribution in [-0.2, 0) is 0 Å². The molecule has 1 saturated heterocycles. The van der Waals surface area contributed by atoms with Crippen LogP contribution in [-0.4, -0.2) is 54.3 Å². The van der Waals surface area contributed by atoms with Gasteiger partial charge in [0.15, 0.2) is 0 Å². The van der Waals surface area contributed by atoms with Crippen molar-refractivity contribution in [1.29, 1.82) is 0 Å². The molecule has 1 aliphatic heterocycles. The smallest absolute Gasteiger partial charge is 0.149 e. The third-order valence-electron chi connectivity index (χ3n) is 3.21. The largest absolute Gasteiger partial charge is 0.396 e. The van der Waals surface area contributed by atoms with Crippen LogP contribution in [0, 0.1) is 0 Å². The Morgan fingerprint density at radius 1 is 1.44 bits per heavy atom. The lowest BCUT2D eigenvalue weighted by molar-refractivity contribution is 0.191. The average molecular weight is 251 g/mol. The van der Waals surface area contributed by atoms with Gasteiger partial charge in [0.2, 0.25) is 0 Å². The number of nitrogens with two attached hydrogens (primary N) is 2. The maximum absolute atomic E-state index is 9.82. The fourth-order valence-electron chi connectivity index (χ4n) is 2.40. The number of rotatable bonds is 3. The van der Waals surface area contributed by atoms with Crippen LogP contribution in [0.3, 0.4) is 0 Å². The molecule has 100 valence electrons. The molecule has 1 aromatic rings. The van der Waals surface area contributed by atoms with Gasteiger partial charge in [-0.3, -0.25) is 0 Å². The van der Waals surface area contributed by atoms with E-state index in [4.69, 9.17) is 11.5 Å². The number of likely N-dealkylation sites (N-methyl/N-ethyl adjacent to an activating group) is 1. The van der Waals surface area contributed by atoms with E-state index in [1.807, 2.05) is 20.2 Å². The number of nitrogens with zero attached hydrogens (tertiary/aromatic N) is 3. The zero-order chi connectivity index (χ0) is 13.3. The molecule has 2 unspecified atom stereocenters. The highest BCUT2D eigenvalue weighted by Crippen LogP contribution is 2.26. The molecule has 0 aliphatic carbocycles. The number of hydrogen-bond donors (Lipinski definition) is 3. The first-order chi connectivity index (χ1) is 8.47. The van der Waals surface area contributed by atoms with Gasteiger partial charge in [0, 0.05) is 19.1 Å². The quantitative estimate of drug-likeness (QED) is 0.686. The van der Waals surface area contributed by atoms with Crippen molar-refractivity contribution in [3.63, 3.8) is 0 Å². The summed E-state index contributed by atoms with van der Waals surface area (Å²) in [5, 5.41) is 9.82. The topological polar surface area (TPSA) is 91.6 Å². The summed E-state index contributed by atoms with van der Waals surface area (Å²) in [4.78, 5) is 8.50. The molecule has 2 heterocycles. The van der Waals surface area contributed by atoms with Gasteiger partial charge in [0.25, 0.3) is 0 Å². The van der Waals surface area contributed by atoms with Crippen LogP contribution in [0.25, 0.3) is 0 Å². The minimum absolute atomic E-state index is 0.255. The molecular formula is C12H21N5O. The lowest BCUT2D eigenvalue weighted by Gasteiger charge is -2.27. The number of nitrogen functional groups attached to an aromatic ring is 2. The van der Waals surface area contributed by atoms with E-state index in [-0.39, 0.29) is 12.1 Å². The highest BCUT2D eigenvalue weighted by molar-refractivity contribution is 5.62. The molecule has 2 atom stereocenters. The van der Waals surface area contributed by atoms with Crippen molar-refractivity contribution in [3.8, 4) is 0 Å². The van der Waals surface area contributed by atoms with Gasteiger partial charge in [-0.1, -0.05) is 0 Å². The maximum Gasteiger partial charge on any atom is 0.149 e. The second-order valence-electron chi connectivity index (χ2n) is 5.10. The molecule has 1 aromatic heterocycles. The Morgan fingerprint density at radius 2 is 2.17 bits per heavy atom. The summed E-state index contributed by atoms with van der Waals surface area (Å²) in [5.74, 6) is 1.13. The van der Waals surface area contributed by atoms with E-state index in [0.717, 1.165) is 18.8 Å². The highest BCUT2D eigenvalue weighted by Gasteiger charge is 2.32. The van der Waals surface area contributed by atoms with Gasteiger partial charge in [-0.15, -0.1) is 0 Å². The zero-order valence-electron chi connectivity index (χ0n) is 10.9. The van der Waals surface area contributed by atoms with Crippen molar-refractivity contribution in [2.24, 2.45) is 0 Å². The van der Waals surface area contributed by atoms with Crippen LogP contribution in [0.4, 0.5) is 17.3 Å². The van der Waals surface area contributed by atoms with Crippen LogP contribution in [0.15, 0.2) is 12.1 Å². The molecule has 0 radical (unpaired) electrons. The Balaban J connectivity index is 2.21. The summed E-state index contributed by atoms with van der Waals surface area (Å²) in [6, 6.07) is 3.87. The normalized spacial score (nSPS) is 23.9. The van der Waals surface area contributed by atoms with Crippen molar-refractivity contribution in [1.82, 2.24) is 9.88 Å². The van der Waals surface area contributed by atoms with Crippen molar-refractivity contribution >= 4 is 17.3 Å². The summed E-state index contributed by atoms with van der Waals surface area (Å²) in [6.07, 6.45) is 0.444. The van der Waals surface area contributed by atoms with Crippen LogP contribution in [0.1, 0.15) is 6.42 Å². The first-order valence-electron chi connectivity index (χ1n) is 6.09. The van der Waals surface area contributed by atoms with E-state index in [1.54, 1.807) is 6.07 Å². The maximum atomic E-state index is 9.82.